The smallest absolute Gasteiger partial charge is 0.258 e. The Balaban J connectivity index is 2.24. The molecule has 7 heteroatoms. The molecule has 92 valence electrons. The lowest BCUT2D eigenvalue weighted by molar-refractivity contribution is 0.102. The second-order valence-corrected chi connectivity index (χ2v) is 5.79. The van der Waals surface area contributed by atoms with Crippen LogP contribution in [-0.4, -0.2) is 15.9 Å². The van der Waals surface area contributed by atoms with E-state index in [2.05, 4.69) is 53.8 Å². The number of nitrogens with zero attached hydrogens (tertiary/aromatic N) is 2. The SMILES string of the molecule is O=C(Nc1cncc(Cl)n1)c1cc(I)ccc1Br. The Labute approximate surface area is 130 Å². The molecule has 2 aromatic rings. The minimum absolute atomic E-state index is 0.231. The van der Waals surface area contributed by atoms with Gasteiger partial charge < -0.3 is 5.32 Å². The van der Waals surface area contributed by atoms with Gasteiger partial charge >= 0.3 is 0 Å². The van der Waals surface area contributed by atoms with Gasteiger partial charge in [-0.15, -0.1) is 0 Å². The first-order valence-corrected chi connectivity index (χ1v) is 7.05. The van der Waals surface area contributed by atoms with E-state index in [0.29, 0.717) is 11.4 Å². The van der Waals surface area contributed by atoms with Gasteiger partial charge in [0.1, 0.15) is 5.15 Å². The number of benzene rings is 1. The van der Waals surface area contributed by atoms with Gasteiger partial charge in [-0.2, -0.15) is 0 Å². The van der Waals surface area contributed by atoms with E-state index in [1.807, 2.05) is 12.1 Å². The van der Waals surface area contributed by atoms with E-state index < -0.39 is 0 Å². The number of rotatable bonds is 2. The maximum absolute atomic E-state index is 12.0. The third kappa shape index (κ3) is 3.39. The zero-order valence-corrected chi connectivity index (χ0v) is 13.3. The number of amides is 1. The number of carbonyl (C=O) groups is 1. The molecule has 1 N–H and O–H groups in total. The van der Waals surface area contributed by atoms with Gasteiger partial charge in [-0.1, -0.05) is 11.6 Å². The van der Waals surface area contributed by atoms with E-state index in [1.54, 1.807) is 6.07 Å². The molecular formula is C11H6BrClIN3O. The minimum atomic E-state index is -0.267. The van der Waals surface area contributed by atoms with Crippen molar-refractivity contribution < 1.29 is 4.79 Å². The van der Waals surface area contributed by atoms with Crippen molar-refractivity contribution in [2.45, 2.75) is 0 Å². The fraction of sp³-hybridized carbons (Fsp3) is 0. The molecule has 0 fully saturated rings. The summed E-state index contributed by atoms with van der Waals surface area (Å²) in [6.45, 7) is 0. The summed E-state index contributed by atoms with van der Waals surface area (Å²) in [5, 5.41) is 2.87. The van der Waals surface area contributed by atoms with Crippen LogP contribution in [0.15, 0.2) is 35.1 Å². The first kappa shape index (κ1) is 13.7. The van der Waals surface area contributed by atoms with Crippen LogP contribution < -0.4 is 5.32 Å². The number of aromatic nitrogens is 2. The van der Waals surface area contributed by atoms with Crippen molar-refractivity contribution in [3.63, 3.8) is 0 Å². The van der Waals surface area contributed by atoms with Crippen LogP contribution in [-0.2, 0) is 0 Å². The summed E-state index contributed by atoms with van der Waals surface area (Å²) in [6.07, 6.45) is 2.84. The summed E-state index contributed by atoms with van der Waals surface area (Å²) in [6, 6.07) is 5.50. The third-order valence-electron chi connectivity index (χ3n) is 2.02. The van der Waals surface area contributed by atoms with Gasteiger partial charge in [0, 0.05) is 8.04 Å². The maximum atomic E-state index is 12.0. The number of nitrogens with one attached hydrogen (secondary N) is 1. The molecule has 2 rings (SSSR count). The van der Waals surface area contributed by atoms with Gasteiger partial charge in [0.15, 0.2) is 5.82 Å². The summed E-state index contributed by atoms with van der Waals surface area (Å²) in [5.41, 5.74) is 0.531. The fourth-order valence-electron chi connectivity index (χ4n) is 1.26. The molecule has 0 aliphatic rings. The molecule has 0 bridgehead atoms. The summed E-state index contributed by atoms with van der Waals surface area (Å²) >= 11 is 11.2. The quantitative estimate of drug-likeness (QED) is 0.727. The molecule has 0 radical (unpaired) electrons. The normalized spacial score (nSPS) is 10.2. The van der Waals surface area contributed by atoms with Crippen molar-refractivity contribution in [2.75, 3.05) is 5.32 Å². The fourth-order valence-corrected chi connectivity index (χ4v) is 2.32. The minimum Gasteiger partial charge on any atom is -0.305 e. The van der Waals surface area contributed by atoms with Crippen molar-refractivity contribution in [3.05, 3.63) is 49.4 Å². The molecular weight excluding hydrogens is 432 g/mol. The van der Waals surface area contributed by atoms with Crippen LogP contribution in [0.1, 0.15) is 10.4 Å². The number of carbonyl (C=O) groups excluding carboxylic acids is 1. The topological polar surface area (TPSA) is 54.9 Å². The number of hydrogen-bond donors (Lipinski definition) is 1. The molecule has 0 saturated carbocycles. The van der Waals surface area contributed by atoms with Crippen LogP contribution in [0.4, 0.5) is 5.82 Å². The average Bonchev–Trinajstić information content (AvgIpc) is 2.32. The van der Waals surface area contributed by atoms with E-state index in [1.165, 1.54) is 12.4 Å². The molecule has 0 saturated heterocycles. The Morgan fingerprint density at radius 2 is 2.17 bits per heavy atom. The van der Waals surface area contributed by atoms with Gasteiger partial charge in [-0.05, 0) is 56.7 Å². The Hall–Kier alpha value is -0.730. The lowest BCUT2D eigenvalue weighted by atomic mass is 10.2. The molecule has 1 aromatic heterocycles. The van der Waals surface area contributed by atoms with Crippen LogP contribution in [0.5, 0.6) is 0 Å². The molecule has 4 nitrogen and oxygen atoms in total. The number of anilines is 1. The van der Waals surface area contributed by atoms with Crippen molar-refractivity contribution in [3.8, 4) is 0 Å². The number of halogens is 3. The van der Waals surface area contributed by atoms with Gasteiger partial charge in [-0.25, -0.2) is 4.98 Å². The summed E-state index contributed by atoms with van der Waals surface area (Å²) < 4.78 is 1.69. The third-order valence-corrected chi connectivity index (χ3v) is 3.56. The molecule has 1 heterocycles. The summed E-state index contributed by atoms with van der Waals surface area (Å²) in [5.74, 6) is 0.0511. The summed E-state index contributed by atoms with van der Waals surface area (Å²) in [7, 11) is 0. The maximum Gasteiger partial charge on any atom is 0.258 e. The standard InChI is InChI=1S/C11H6BrClIN3O/c12-8-2-1-6(14)3-7(8)11(18)17-10-5-15-4-9(13)16-10/h1-5H,(H,16,17,18). The van der Waals surface area contributed by atoms with E-state index in [4.69, 9.17) is 11.6 Å². The molecule has 1 aromatic carbocycles. The highest BCUT2D eigenvalue weighted by atomic mass is 127. The largest absolute Gasteiger partial charge is 0.305 e. The van der Waals surface area contributed by atoms with Crippen molar-refractivity contribution in [1.29, 1.82) is 0 Å². The highest BCUT2D eigenvalue weighted by molar-refractivity contribution is 14.1. The van der Waals surface area contributed by atoms with Crippen LogP contribution in [0, 0.1) is 3.57 Å². The van der Waals surface area contributed by atoms with E-state index >= 15 is 0 Å². The summed E-state index contributed by atoms with van der Waals surface area (Å²) in [4.78, 5) is 19.8. The van der Waals surface area contributed by atoms with Crippen molar-refractivity contribution in [2.24, 2.45) is 0 Å². The molecule has 1 amide bonds. The first-order chi connectivity index (χ1) is 8.56. The van der Waals surface area contributed by atoms with Gasteiger partial charge in [0.05, 0.1) is 18.0 Å². The predicted molar refractivity (Wildman–Crippen MR) is 81.9 cm³/mol. The zero-order chi connectivity index (χ0) is 13.1. The Kier molecular flexibility index (Phi) is 4.52. The predicted octanol–water partition coefficient (Wildman–Crippen LogP) is 3.75. The molecule has 0 spiro atoms. The Morgan fingerprint density at radius 1 is 1.39 bits per heavy atom. The lowest BCUT2D eigenvalue weighted by Crippen LogP contribution is -2.14. The molecule has 0 unspecified atom stereocenters. The second kappa shape index (κ2) is 5.94. The highest BCUT2D eigenvalue weighted by Crippen LogP contribution is 2.20. The molecule has 0 aliphatic carbocycles. The Morgan fingerprint density at radius 3 is 2.89 bits per heavy atom. The zero-order valence-electron chi connectivity index (χ0n) is 8.82. The van der Waals surface area contributed by atoms with Crippen LogP contribution in [0.25, 0.3) is 0 Å². The van der Waals surface area contributed by atoms with Crippen molar-refractivity contribution in [1.82, 2.24) is 9.97 Å². The van der Waals surface area contributed by atoms with Gasteiger partial charge in [-0.3, -0.25) is 9.78 Å². The number of hydrogen-bond acceptors (Lipinski definition) is 3. The van der Waals surface area contributed by atoms with E-state index in [0.717, 1.165) is 8.04 Å². The highest BCUT2D eigenvalue weighted by Gasteiger charge is 2.11. The Bertz CT molecular complexity index is 609. The van der Waals surface area contributed by atoms with Gasteiger partial charge in [0.2, 0.25) is 0 Å². The van der Waals surface area contributed by atoms with Crippen molar-refractivity contribution >= 4 is 61.8 Å². The van der Waals surface area contributed by atoms with Crippen LogP contribution in [0.2, 0.25) is 5.15 Å². The van der Waals surface area contributed by atoms with Gasteiger partial charge in [0.25, 0.3) is 5.91 Å². The van der Waals surface area contributed by atoms with Crippen LogP contribution >= 0.6 is 50.1 Å². The molecule has 0 aliphatic heterocycles. The molecule has 18 heavy (non-hydrogen) atoms. The van der Waals surface area contributed by atoms with Crippen LogP contribution in [0.3, 0.4) is 0 Å². The first-order valence-electron chi connectivity index (χ1n) is 4.80. The monoisotopic (exact) mass is 437 g/mol. The second-order valence-electron chi connectivity index (χ2n) is 3.31. The average molecular weight is 438 g/mol. The van der Waals surface area contributed by atoms with E-state index in [9.17, 15) is 4.79 Å². The molecule has 0 atom stereocenters. The lowest BCUT2D eigenvalue weighted by Gasteiger charge is -2.06. The van der Waals surface area contributed by atoms with E-state index in [-0.39, 0.29) is 11.1 Å².